The summed E-state index contributed by atoms with van der Waals surface area (Å²) in [5.41, 5.74) is 0.776. The first-order valence-corrected chi connectivity index (χ1v) is 20.8. The lowest BCUT2D eigenvalue weighted by Gasteiger charge is -2.38. The zero-order valence-electron chi connectivity index (χ0n) is 33.5. The van der Waals surface area contributed by atoms with Crippen LogP contribution in [-0.2, 0) is 28.6 Å². The second kappa shape index (κ2) is 17.9. The molecule has 6 atom stereocenters. The van der Waals surface area contributed by atoms with Crippen LogP contribution in [0.2, 0.25) is 0 Å². The predicted octanol–water partition coefficient (Wildman–Crippen LogP) is 10.2. The summed E-state index contributed by atoms with van der Waals surface area (Å²) in [5.74, 6) is 1.25. The van der Waals surface area contributed by atoms with Crippen LogP contribution in [0.5, 0.6) is 0 Å². The van der Waals surface area contributed by atoms with Gasteiger partial charge in [-0.1, -0.05) is 80.1 Å². The van der Waals surface area contributed by atoms with Crippen molar-refractivity contribution in [2.45, 2.75) is 201 Å². The van der Waals surface area contributed by atoms with Gasteiger partial charge in [0, 0.05) is 30.1 Å². The van der Waals surface area contributed by atoms with Crippen molar-refractivity contribution in [3.05, 3.63) is 0 Å². The van der Waals surface area contributed by atoms with Gasteiger partial charge in [0.05, 0.1) is 0 Å². The maximum Gasteiger partial charge on any atom is 0.306 e. The van der Waals surface area contributed by atoms with Crippen LogP contribution >= 0.6 is 0 Å². The van der Waals surface area contributed by atoms with Gasteiger partial charge in [-0.15, -0.1) is 0 Å². The highest BCUT2D eigenvalue weighted by Gasteiger charge is 2.63. The Labute approximate surface area is 306 Å². The fourth-order valence-corrected chi connectivity index (χ4v) is 10.4. The Morgan fingerprint density at radius 3 is 1.36 bits per heavy atom. The Morgan fingerprint density at radius 2 is 0.980 bits per heavy atom. The summed E-state index contributed by atoms with van der Waals surface area (Å²) in [4.78, 5) is 40.0. The van der Waals surface area contributed by atoms with Gasteiger partial charge in [0.25, 0.3) is 0 Å². The smallest absolute Gasteiger partial charge is 0.306 e. The minimum atomic E-state index is -0.0747. The number of unbranched alkanes of at least 4 members (excludes halogenated alkanes) is 8. The molecule has 4 fully saturated rings. The predicted molar refractivity (Wildman–Crippen MR) is 201 cm³/mol. The quantitative estimate of drug-likeness (QED) is 0.0596. The molecule has 4 saturated carbocycles. The molecule has 4 aliphatic carbocycles. The number of ether oxygens (including phenoxy) is 3. The van der Waals surface area contributed by atoms with E-state index in [-0.39, 0.29) is 57.9 Å². The second-order valence-electron chi connectivity index (χ2n) is 18.8. The fraction of sp³-hybridized carbons (Fsp3) is 0.930. The normalized spacial score (nSPS) is 30.4. The third-order valence-electron chi connectivity index (χ3n) is 15.1. The van der Waals surface area contributed by atoms with E-state index in [0.717, 1.165) is 103 Å². The molecule has 4 bridgehead atoms. The van der Waals surface area contributed by atoms with Gasteiger partial charge < -0.3 is 19.1 Å². The van der Waals surface area contributed by atoms with Gasteiger partial charge in [-0.25, -0.2) is 0 Å². The van der Waals surface area contributed by atoms with E-state index in [4.69, 9.17) is 14.2 Å². The van der Waals surface area contributed by atoms with Crippen molar-refractivity contribution >= 4 is 17.9 Å². The van der Waals surface area contributed by atoms with Crippen molar-refractivity contribution in [1.29, 1.82) is 0 Å². The number of hydrogen-bond donors (Lipinski definition) is 0. The fourth-order valence-electron chi connectivity index (χ4n) is 10.4. The van der Waals surface area contributed by atoms with E-state index in [1.165, 1.54) is 25.7 Å². The number of fused-ring (bicyclic) bond motifs is 4. The minimum absolute atomic E-state index is 0.0185. The molecule has 0 aliphatic heterocycles. The van der Waals surface area contributed by atoms with E-state index in [2.05, 4.69) is 46.4 Å². The molecule has 0 aromatic heterocycles. The lowest BCUT2D eigenvalue weighted by Crippen LogP contribution is -2.38. The molecule has 0 saturated heterocycles. The maximum atomic E-state index is 12.7. The van der Waals surface area contributed by atoms with Crippen LogP contribution in [0.25, 0.3) is 0 Å². The van der Waals surface area contributed by atoms with Crippen LogP contribution < -0.4 is 0 Å². The molecule has 7 heteroatoms. The lowest BCUT2D eigenvalue weighted by atomic mass is 9.70. The standard InChI is InChI=1S/C43H75NO6/c1-40(2)32-25-27-42(40,5)35(30-32)49-38(46)22-17-13-9-11-15-20-34(48-37(45)24-19-29-44(7)8)21-16-12-10-14-18-23-39(47)50-36-31-33-26-28-43(36,6)41(33,3)4/h32-36H,9-31H2,1-8H3/t32-,33-,35+,36+,42+,43+/m0/s1. The average molecular weight is 702 g/mol. The van der Waals surface area contributed by atoms with Crippen molar-refractivity contribution < 1.29 is 28.6 Å². The van der Waals surface area contributed by atoms with Gasteiger partial charge in [0.15, 0.2) is 0 Å². The molecule has 0 N–H and O–H groups in total. The number of hydrogen-bond acceptors (Lipinski definition) is 7. The summed E-state index contributed by atoms with van der Waals surface area (Å²) in [5, 5.41) is 0. The minimum Gasteiger partial charge on any atom is -0.462 e. The highest BCUT2D eigenvalue weighted by Crippen LogP contribution is 2.67. The number of esters is 3. The molecule has 0 aromatic carbocycles. The highest BCUT2D eigenvalue weighted by molar-refractivity contribution is 5.70. The molecule has 4 rings (SSSR count). The van der Waals surface area contributed by atoms with Crippen LogP contribution in [0.1, 0.15) is 183 Å². The molecule has 7 nitrogen and oxygen atoms in total. The van der Waals surface area contributed by atoms with Gasteiger partial charge in [-0.05, 0) is 127 Å². The summed E-state index contributed by atoms with van der Waals surface area (Å²) in [6.07, 6.45) is 21.5. The molecular weight excluding hydrogens is 626 g/mol. The second-order valence-corrected chi connectivity index (χ2v) is 18.8. The molecule has 0 amide bonds. The summed E-state index contributed by atoms with van der Waals surface area (Å²) >= 11 is 0. The van der Waals surface area contributed by atoms with Gasteiger partial charge in [-0.3, -0.25) is 14.4 Å². The van der Waals surface area contributed by atoms with Crippen molar-refractivity contribution in [2.75, 3.05) is 20.6 Å². The summed E-state index contributed by atoms with van der Waals surface area (Å²) in [7, 11) is 4.05. The van der Waals surface area contributed by atoms with Gasteiger partial charge >= 0.3 is 17.9 Å². The molecule has 0 heterocycles. The van der Waals surface area contributed by atoms with E-state index >= 15 is 0 Å². The van der Waals surface area contributed by atoms with Crippen molar-refractivity contribution in [2.24, 2.45) is 33.5 Å². The van der Waals surface area contributed by atoms with Crippen LogP contribution in [-0.4, -0.2) is 61.8 Å². The van der Waals surface area contributed by atoms with Crippen LogP contribution in [0.3, 0.4) is 0 Å². The monoisotopic (exact) mass is 702 g/mol. The van der Waals surface area contributed by atoms with Crippen LogP contribution in [0, 0.1) is 33.5 Å². The topological polar surface area (TPSA) is 82.1 Å². The third kappa shape index (κ3) is 9.86. The summed E-state index contributed by atoms with van der Waals surface area (Å²) in [6.45, 7) is 15.0. The highest BCUT2D eigenvalue weighted by atomic mass is 16.6. The zero-order valence-corrected chi connectivity index (χ0v) is 33.5. The van der Waals surface area contributed by atoms with E-state index in [0.29, 0.717) is 31.1 Å². The first-order valence-electron chi connectivity index (χ1n) is 20.8. The summed E-state index contributed by atoms with van der Waals surface area (Å²) < 4.78 is 18.0. The largest absolute Gasteiger partial charge is 0.462 e. The van der Waals surface area contributed by atoms with Crippen LogP contribution in [0.4, 0.5) is 0 Å². The Bertz CT molecular complexity index is 1040. The van der Waals surface area contributed by atoms with Gasteiger partial charge in [-0.2, -0.15) is 0 Å². The van der Waals surface area contributed by atoms with Gasteiger partial charge in [0.2, 0.25) is 0 Å². The number of nitrogens with zero attached hydrogens (tertiary/aromatic N) is 1. The molecule has 50 heavy (non-hydrogen) atoms. The van der Waals surface area contributed by atoms with Crippen molar-refractivity contribution in [3.63, 3.8) is 0 Å². The molecule has 288 valence electrons. The van der Waals surface area contributed by atoms with E-state index in [9.17, 15) is 14.4 Å². The Morgan fingerprint density at radius 1 is 0.580 bits per heavy atom. The van der Waals surface area contributed by atoms with Crippen LogP contribution in [0.15, 0.2) is 0 Å². The molecule has 0 spiro atoms. The van der Waals surface area contributed by atoms with Crippen molar-refractivity contribution in [1.82, 2.24) is 4.90 Å². The van der Waals surface area contributed by atoms with E-state index in [1.54, 1.807) is 0 Å². The Hall–Kier alpha value is -1.63. The van der Waals surface area contributed by atoms with E-state index < -0.39 is 0 Å². The molecule has 0 aromatic rings. The Kier molecular flexibility index (Phi) is 14.7. The number of carbonyl (C=O) groups is 3. The van der Waals surface area contributed by atoms with Crippen molar-refractivity contribution in [3.8, 4) is 0 Å². The molecular formula is C43H75NO6. The number of rotatable bonds is 23. The third-order valence-corrected chi connectivity index (χ3v) is 15.1. The molecule has 0 unspecified atom stereocenters. The first kappa shape index (κ1) is 41.1. The first-order chi connectivity index (χ1) is 23.6. The summed E-state index contributed by atoms with van der Waals surface area (Å²) in [6, 6.07) is 0. The average Bonchev–Trinajstić information content (AvgIpc) is 3.55. The Balaban J connectivity index is 1.06. The zero-order chi connectivity index (χ0) is 36.6. The lowest BCUT2D eigenvalue weighted by molar-refractivity contribution is -0.157. The number of carbonyl (C=O) groups excluding carboxylic acids is 3. The van der Waals surface area contributed by atoms with Gasteiger partial charge in [0.1, 0.15) is 18.3 Å². The maximum absolute atomic E-state index is 12.7. The van der Waals surface area contributed by atoms with E-state index in [1.807, 2.05) is 14.1 Å². The SMILES string of the molecule is CN(C)CCCC(=O)OC(CCCCCCCC(=O)O[C@@H]1C[C@@H]2CC[C@@]1(C)C2(C)C)CCCCCCCC(=O)O[C@@H]1C[C@@H]2CC[C@@]1(C)C2(C)C. The molecule has 4 aliphatic rings. The molecule has 0 radical (unpaired) electrons.